The van der Waals surface area contributed by atoms with Crippen molar-refractivity contribution < 1.29 is 29.3 Å². The van der Waals surface area contributed by atoms with Gasteiger partial charge in [-0.15, -0.1) is 0 Å². The van der Waals surface area contributed by atoms with Crippen LogP contribution >= 0.6 is 0 Å². The second kappa shape index (κ2) is 8.43. The third-order valence-electron chi connectivity index (χ3n) is 4.29. The first kappa shape index (κ1) is 19.4. The molecule has 0 bridgehead atoms. The van der Waals surface area contributed by atoms with Crippen molar-refractivity contribution in [2.75, 3.05) is 32.9 Å². The topological polar surface area (TPSA) is 135 Å². The van der Waals surface area contributed by atoms with Crippen molar-refractivity contribution in [1.82, 2.24) is 15.5 Å². The number of rotatable bonds is 8. The maximum atomic E-state index is 12.3. The average Bonchev–Trinajstić information content (AvgIpc) is 3.01. The lowest BCUT2D eigenvalue weighted by Crippen LogP contribution is -2.60. The first-order chi connectivity index (χ1) is 11.9. The van der Waals surface area contributed by atoms with Crippen molar-refractivity contribution in [2.24, 2.45) is 0 Å². The maximum Gasteiger partial charge on any atom is 0.237 e. The molecule has 0 aliphatic carbocycles. The highest BCUT2D eigenvalue weighted by Crippen LogP contribution is 2.16. The molecule has 9 nitrogen and oxygen atoms in total. The van der Waals surface area contributed by atoms with Gasteiger partial charge in [0.05, 0.1) is 38.8 Å². The molecule has 2 heterocycles. The quantitative estimate of drug-likeness (QED) is 0.368. The maximum absolute atomic E-state index is 12.3. The van der Waals surface area contributed by atoms with E-state index in [4.69, 9.17) is 4.42 Å². The van der Waals surface area contributed by atoms with Crippen LogP contribution < -0.4 is 10.6 Å². The van der Waals surface area contributed by atoms with Crippen molar-refractivity contribution in [2.45, 2.75) is 31.5 Å². The zero-order valence-corrected chi connectivity index (χ0v) is 14.2. The van der Waals surface area contributed by atoms with Crippen LogP contribution in [-0.4, -0.2) is 76.5 Å². The number of piperazine rings is 1. The minimum atomic E-state index is -1.51. The molecule has 5 N–H and O–H groups in total. The van der Waals surface area contributed by atoms with Gasteiger partial charge in [-0.25, -0.2) is 0 Å². The van der Waals surface area contributed by atoms with E-state index < -0.39 is 37.3 Å². The van der Waals surface area contributed by atoms with Gasteiger partial charge in [0, 0.05) is 13.1 Å². The molecule has 1 saturated heterocycles. The van der Waals surface area contributed by atoms with Gasteiger partial charge >= 0.3 is 0 Å². The van der Waals surface area contributed by atoms with E-state index in [9.17, 15) is 24.9 Å². The van der Waals surface area contributed by atoms with Gasteiger partial charge in [0.25, 0.3) is 0 Å². The fourth-order valence-corrected chi connectivity index (χ4v) is 2.73. The number of nitrogens with one attached hydrogen (secondary N) is 2. The van der Waals surface area contributed by atoms with E-state index in [0.717, 1.165) is 5.76 Å². The van der Waals surface area contributed by atoms with Crippen molar-refractivity contribution in [3.8, 4) is 0 Å². The van der Waals surface area contributed by atoms with Crippen LogP contribution in [0.3, 0.4) is 0 Å². The third-order valence-corrected chi connectivity index (χ3v) is 4.29. The van der Waals surface area contributed by atoms with Gasteiger partial charge in [-0.05, 0) is 19.1 Å². The molecular weight excluding hydrogens is 330 g/mol. The van der Waals surface area contributed by atoms with E-state index in [1.807, 2.05) is 24.0 Å². The molecule has 1 aliphatic heterocycles. The lowest BCUT2D eigenvalue weighted by molar-refractivity contribution is -0.135. The number of furan rings is 1. The van der Waals surface area contributed by atoms with Gasteiger partial charge in [-0.3, -0.25) is 14.5 Å². The molecule has 140 valence electrons. The highest BCUT2D eigenvalue weighted by atomic mass is 16.3. The summed E-state index contributed by atoms with van der Waals surface area (Å²) in [5, 5.41) is 33.0. The lowest BCUT2D eigenvalue weighted by atomic mass is 10.0. The molecular formula is C16H25N3O6. The largest absolute Gasteiger partial charge is 0.465 e. The number of hydrogen-bond donors (Lipinski definition) is 5. The molecule has 0 unspecified atom stereocenters. The Labute approximate surface area is 145 Å². The zero-order chi connectivity index (χ0) is 18.4. The van der Waals surface area contributed by atoms with Gasteiger partial charge in [-0.1, -0.05) is 0 Å². The van der Waals surface area contributed by atoms with Crippen molar-refractivity contribution in [3.63, 3.8) is 0 Å². The second-order valence-electron chi connectivity index (χ2n) is 6.30. The fourth-order valence-electron chi connectivity index (χ4n) is 2.73. The normalized spacial score (nSPS) is 18.9. The Balaban J connectivity index is 2.04. The molecule has 1 fully saturated rings. The molecule has 2 rings (SSSR count). The second-order valence-corrected chi connectivity index (χ2v) is 6.30. The summed E-state index contributed by atoms with van der Waals surface area (Å²) in [7, 11) is 0. The number of amides is 2. The molecule has 1 atom stereocenters. The van der Waals surface area contributed by atoms with Gasteiger partial charge in [0.15, 0.2) is 0 Å². The molecule has 0 saturated carbocycles. The number of nitrogens with zero attached hydrogens (tertiary/aromatic N) is 1. The van der Waals surface area contributed by atoms with Crippen LogP contribution in [0, 0.1) is 6.92 Å². The number of carbonyl (C=O) groups excluding carboxylic acids is 2. The minimum absolute atomic E-state index is 0.159. The van der Waals surface area contributed by atoms with Crippen molar-refractivity contribution in [1.29, 1.82) is 0 Å². The van der Waals surface area contributed by atoms with Gasteiger partial charge in [-0.2, -0.15) is 0 Å². The number of aryl methyl sites for hydroxylation is 1. The Kier molecular flexibility index (Phi) is 6.54. The summed E-state index contributed by atoms with van der Waals surface area (Å²) in [6.07, 6.45) is -0.159. The Morgan fingerprint density at radius 3 is 2.60 bits per heavy atom. The third kappa shape index (κ3) is 4.79. The number of aliphatic hydroxyl groups excluding tert-OH is 3. The number of carbonyl (C=O) groups is 2. The Morgan fingerprint density at radius 2 is 2.04 bits per heavy atom. The van der Waals surface area contributed by atoms with Gasteiger partial charge in [0.2, 0.25) is 11.8 Å². The highest BCUT2D eigenvalue weighted by molar-refractivity contribution is 5.89. The van der Waals surface area contributed by atoms with Crippen LogP contribution in [0.15, 0.2) is 16.5 Å². The number of aliphatic hydroxyl groups is 3. The molecule has 1 aliphatic rings. The van der Waals surface area contributed by atoms with Crippen molar-refractivity contribution in [3.05, 3.63) is 23.7 Å². The summed E-state index contributed by atoms with van der Waals surface area (Å²) in [4.78, 5) is 26.3. The smallest absolute Gasteiger partial charge is 0.237 e. The van der Waals surface area contributed by atoms with E-state index in [2.05, 4.69) is 10.6 Å². The molecule has 9 heteroatoms. The fraction of sp³-hybridized carbons (Fsp3) is 0.625. The first-order valence-corrected chi connectivity index (χ1v) is 8.13. The average molecular weight is 355 g/mol. The molecule has 0 aromatic carbocycles. The van der Waals surface area contributed by atoms with Crippen LogP contribution in [0.2, 0.25) is 0 Å². The molecule has 0 radical (unpaired) electrons. The summed E-state index contributed by atoms with van der Waals surface area (Å²) in [6, 6.07) is 2.96. The van der Waals surface area contributed by atoms with E-state index in [-0.39, 0.29) is 12.3 Å². The molecule has 1 aromatic rings. The molecule has 2 amide bonds. The van der Waals surface area contributed by atoms with Crippen LogP contribution in [0.25, 0.3) is 0 Å². The summed E-state index contributed by atoms with van der Waals surface area (Å²) >= 11 is 0. The number of hydrogen-bond acceptors (Lipinski definition) is 7. The Bertz CT molecular complexity index is 590. The molecule has 0 spiro atoms. The Morgan fingerprint density at radius 1 is 1.36 bits per heavy atom. The van der Waals surface area contributed by atoms with Crippen LogP contribution in [0.4, 0.5) is 0 Å². The Hall–Kier alpha value is -1.94. The predicted octanol–water partition coefficient (Wildman–Crippen LogP) is -1.89. The minimum Gasteiger partial charge on any atom is -0.465 e. The predicted molar refractivity (Wildman–Crippen MR) is 87.4 cm³/mol. The van der Waals surface area contributed by atoms with Crippen LogP contribution in [0.1, 0.15) is 17.9 Å². The lowest BCUT2D eigenvalue weighted by Gasteiger charge is -2.35. The summed E-state index contributed by atoms with van der Waals surface area (Å²) < 4.78 is 5.53. The van der Waals surface area contributed by atoms with E-state index >= 15 is 0 Å². The highest BCUT2D eigenvalue weighted by Gasteiger charge is 2.35. The molecule has 1 aromatic heterocycles. The van der Waals surface area contributed by atoms with Crippen LogP contribution in [-0.2, 0) is 16.1 Å². The monoisotopic (exact) mass is 355 g/mol. The summed E-state index contributed by atoms with van der Waals surface area (Å²) in [5.41, 5.74) is -1.51. The standard InChI is InChI=1S/C16H25N3O6/c1-11-2-3-12(25-11)7-19-5-4-17-15(24)13(19)6-14(23)18-16(8-20,9-21)10-22/h2-3,13,20-22H,4-10H2,1H3,(H,17,24)(H,18,23)/t13-/m1/s1. The van der Waals surface area contributed by atoms with E-state index in [0.29, 0.717) is 25.4 Å². The van der Waals surface area contributed by atoms with Crippen molar-refractivity contribution >= 4 is 11.8 Å². The van der Waals surface area contributed by atoms with Gasteiger partial charge in [0.1, 0.15) is 17.1 Å². The molecule has 25 heavy (non-hydrogen) atoms. The first-order valence-electron chi connectivity index (χ1n) is 8.13. The summed E-state index contributed by atoms with van der Waals surface area (Å²) in [6.45, 7) is 1.42. The van der Waals surface area contributed by atoms with Gasteiger partial charge < -0.3 is 30.4 Å². The van der Waals surface area contributed by atoms with E-state index in [1.54, 1.807) is 0 Å². The van der Waals surface area contributed by atoms with E-state index in [1.165, 1.54) is 0 Å². The van der Waals surface area contributed by atoms with Crippen LogP contribution in [0.5, 0.6) is 0 Å². The SMILES string of the molecule is Cc1ccc(CN2CCNC(=O)[C@H]2CC(=O)NC(CO)(CO)CO)o1. The zero-order valence-electron chi connectivity index (χ0n) is 14.2. The summed E-state index contributed by atoms with van der Waals surface area (Å²) in [5.74, 6) is 0.657.